The molecule has 0 bridgehead atoms. The van der Waals surface area contributed by atoms with E-state index >= 15 is 0 Å². The van der Waals surface area contributed by atoms with Crippen molar-refractivity contribution in [3.8, 4) is 11.3 Å². The van der Waals surface area contributed by atoms with Crippen LogP contribution < -0.4 is 5.73 Å². The van der Waals surface area contributed by atoms with Crippen molar-refractivity contribution in [2.24, 2.45) is 5.73 Å². The maximum absolute atomic E-state index is 12.4. The van der Waals surface area contributed by atoms with Gasteiger partial charge in [0.2, 0.25) is 0 Å². The molecular formula is C41H49N3O2. The summed E-state index contributed by atoms with van der Waals surface area (Å²) in [6, 6.07) is 20.5. The first-order valence-corrected chi connectivity index (χ1v) is 16.1. The van der Waals surface area contributed by atoms with Crippen molar-refractivity contribution < 1.29 is 9.59 Å². The first-order chi connectivity index (χ1) is 21.9. The molecule has 5 nitrogen and oxygen atoms in total. The van der Waals surface area contributed by atoms with Gasteiger partial charge in [-0.3, -0.25) is 14.6 Å². The van der Waals surface area contributed by atoms with Crippen molar-refractivity contribution in [1.29, 1.82) is 0 Å². The largest absolute Gasteiger partial charge is 0.402 e. The number of Topliss-reactive ketones (excluding diaryl/α,β-unsaturated/α-hetero) is 2. The summed E-state index contributed by atoms with van der Waals surface area (Å²) >= 11 is 0. The van der Waals surface area contributed by atoms with E-state index in [4.69, 9.17) is 10.7 Å². The number of fused-ring (bicyclic) bond motifs is 1. The second-order valence-corrected chi connectivity index (χ2v) is 12.0. The number of allylic oxidation sites excluding steroid dienone is 7. The van der Waals surface area contributed by atoms with Crippen LogP contribution in [0.25, 0.3) is 27.9 Å². The lowest BCUT2D eigenvalue weighted by atomic mass is 10.0. The molecule has 0 saturated heterocycles. The van der Waals surface area contributed by atoms with E-state index in [0.29, 0.717) is 34.7 Å². The van der Waals surface area contributed by atoms with Crippen LogP contribution in [0.5, 0.6) is 0 Å². The van der Waals surface area contributed by atoms with Gasteiger partial charge in [-0.05, 0) is 68.9 Å². The number of benzene rings is 2. The second kappa shape index (κ2) is 16.5. The van der Waals surface area contributed by atoms with Gasteiger partial charge < -0.3 is 10.3 Å². The highest BCUT2D eigenvalue weighted by Crippen LogP contribution is 2.35. The number of aryl methyl sites for hydroxylation is 1. The Kier molecular flexibility index (Phi) is 12.8. The first kappa shape index (κ1) is 35.7. The third-order valence-electron chi connectivity index (χ3n) is 8.18. The van der Waals surface area contributed by atoms with Crippen LogP contribution in [-0.2, 0) is 4.79 Å². The van der Waals surface area contributed by atoms with Gasteiger partial charge in [0.25, 0.3) is 0 Å². The first-order valence-electron chi connectivity index (χ1n) is 16.1. The molecule has 240 valence electrons. The molecule has 2 aromatic carbocycles. The van der Waals surface area contributed by atoms with Crippen LogP contribution in [0.3, 0.4) is 0 Å². The average molecular weight is 616 g/mol. The van der Waals surface area contributed by atoms with E-state index in [9.17, 15) is 9.59 Å². The second-order valence-electron chi connectivity index (χ2n) is 12.0. The molecule has 5 heteroatoms. The summed E-state index contributed by atoms with van der Waals surface area (Å²) in [7, 11) is 0. The van der Waals surface area contributed by atoms with Gasteiger partial charge in [-0.2, -0.15) is 0 Å². The molecule has 0 radical (unpaired) electrons. The Labute approximate surface area is 275 Å². The Hall–Kier alpha value is -4.77. The molecule has 0 amide bonds. The molecule has 4 aromatic rings. The smallest absolute Gasteiger partial charge is 0.162 e. The number of pyridine rings is 1. The van der Waals surface area contributed by atoms with Crippen molar-refractivity contribution >= 4 is 28.2 Å². The number of nitrogens with two attached hydrogens (primary N) is 1. The fourth-order valence-corrected chi connectivity index (χ4v) is 5.54. The van der Waals surface area contributed by atoms with E-state index in [0.717, 1.165) is 28.7 Å². The Morgan fingerprint density at radius 2 is 1.57 bits per heavy atom. The molecule has 2 aromatic heterocycles. The van der Waals surface area contributed by atoms with Gasteiger partial charge in [0.05, 0.1) is 22.8 Å². The van der Waals surface area contributed by atoms with Gasteiger partial charge >= 0.3 is 0 Å². The number of carbonyl (C=O) groups is 2. The minimum atomic E-state index is -0.0950. The Morgan fingerprint density at radius 1 is 0.913 bits per heavy atom. The topological polar surface area (TPSA) is 78.0 Å². The van der Waals surface area contributed by atoms with Crippen molar-refractivity contribution in [1.82, 2.24) is 9.55 Å². The molecule has 1 atom stereocenters. The minimum absolute atomic E-state index is 0.00898. The monoisotopic (exact) mass is 615 g/mol. The maximum atomic E-state index is 12.4. The zero-order chi connectivity index (χ0) is 34.0. The van der Waals surface area contributed by atoms with Crippen molar-refractivity contribution in [2.45, 2.75) is 80.2 Å². The number of nitrogens with zero attached hydrogens (tertiary/aromatic N) is 2. The Bertz CT molecular complexity index is 1760. The molecule has 0 aliphatic carbocycles. The van der Waals surface area contributed by atoms with Gasteiger partial charge in [-0.1, -0.05) is 113 Å². The summed E-state index contributed by atoms with van der Waals surface area (Å²) < 4.78 is 2.25. The molecule has 0 aliphatic rings. The average Bonchev–Trinajstić information content (AvgIpc) is 3.41. The van der Waals surface area contributed by atoms with Gasteiger partial charge in [0.1, 0.15) is 0 Å². The zero-order valence-electron chi connectivity index (χ0n) is 28.7. The number of aromatic nitrogens is 2. The van der Waals surface area contributed by atoms with E-state index in [-0.39, 0.29) is 17.6 Å². The summed E-state index contributed by atoms with van der Waals surface area (Å²) in [4.78, 5) is 29.2. The SMILES string of the molecule is C=C/C=C\C=C(/CC)C(C)n1c(-c2ccc(C(=O)CC)cc2)cc2ncc(/C(C(C)=O)=C(\C)N)cc21.Cc1ccc(C(C)C)cc1. The summed E-state index contributed by atoms with van der Waals surface area (Å²) in [6.45, 7) is 19.7. The molecule has 4 rings (SSSR count). The van der Waals surface area contributed by atoms with Crippen LogP contribution in [-0.4, -0.2) is 21.1 Å². The molecule has 0 saturated carbocycles. The van der Waals surface area contributed by atoms with Gasteiger partial charge in [-0.25, -0.2) is 0 Å². The maximum Gasteiger partial charge on any atom is 0.162 e. The number of ketones is 2. The van der Waals surface area contributed by atoms with E-state index in [1.54, 1.807) is 19.2 Å². The lowest BCUT2D eigenvalue weighted by Crippen LogP contribution is -2.10. The van der Waals surface area contributed by atoms with Crippen LogP contribution in [0.15, 0.2) is 109 Å². The zero-order valence-corrected chi connectivity index (χ0v) is 28.7. The lowest BCUT2D eigenvalue weighted by Gasteiger charge is -2.22. The molecule has 0 aliphatic heterocycles. The van der Waals surface area contributed by atoms with Crippen LogP contribution in [0, 0.1) is 6.92 Å². The molecule has 1 unspecified atom stereocenters. The van der Waals surface area contributed by atoms with Crippen molar-refractivity contribution in [3.05, 3.63) is 131 Å². The van der Waals surface area contributed by atoms with E-state index < -0.39 is 0 Å². The number of carbonyl (C=O) groups excluding carboxylic acids is 2. The Balaban J connectivity index is 0.000000489. The normalized spacial score (nSPS) is 12.9. The number of hydrogen-bond acceptors (Lipinski definition) is 4. The molecule has 2 heterocycles. The number of hydrogen-bond donors (Lipinski definition) is 1. The highest BCUT2D eigenvalue weighted by atomic mass is 16.1. The summed E-state index contributed by atoms with van der Waals surface area (Å²) in [5.74, 6) is 0.677. The van der Waals surface area contributed by atoms with Crippen LogP contribution in [0.2, 0.25) is 0 Å². The molecular weight excluding hydrogens is 566 g/mol. The standard InChI is InChI=1S/C31H35N3O2.C10H14/c1-7-10-11-12-23(8-2)21(5)34-28(24-13-15-25(16-14-24)30(36)9-3)18-27-29(34)17-26(19-33-27)31(20(4)32)22(6)35;1-8(2)10-6-4-9(3)5-7-10/h7,10-19,21H,1,8-9,32H2,2-6H3;4-8H,1-3H3/b11-10-,23-12+,31-20+;. The van der Waals surface area contributed by atoms with E-state index in [1.165, 1.54) is 23.6 Å². The predicted molar refractivity (Wildman–Crippen MR) is 195 cm³/mol. The fourth-order valence-electron chi connectivity index (χ4n) is 5.54. The highest BCUT2D eigenvalue weighted by Gasteiger charge is 2.21. The minimum Gasteiger partial charge on any atom is -0.402 e. The molecule has 2 N–H and O–H groups in total. The fraction of sp³-hybridized carbons (Fsp3) is 0.293. The van der Waals surface area contributed by atoms with Crippen molar-refractivity contribution in [3.63, 3.8) is 0 Å². The molecule has 46 heavy (non-hydrogen) atoms. The predicted octanol–water partition coefficient (Wildman–Crippen LogP) is 10.3. The highest BCUT2D eigenvalue weighted by molar-refractivity contribution is 6.20. The van der Waals surface area contributed by atoms with Crippen LogP contribution >= 0.6 is 0 Å². The summed E-state index contributed by atoms with van der Waals surface area (Å²) in [5.41, 5.74) is 16.1. The van der Waals surface area contributed by atoms with Gasteiger partial charge in [0.15, 0.2) is 11.6 Å². The molecule has 0 spiro atoms. The summed E-state index contributed by atoms with van der Waals surface area (Å²) in [5, 5.41) is 0. The Morgan fingerprint density at radius 3 is 2.09 bits per heavy atom. The van der Waals surface area contributed by atoms with Crippen molar-refractivity contribution in [2.75, 3.05) is 0 Å². The van der Waals surface area contributed by atoms with E-state index in [2.05, 4.69) is 82.2 Å². The third-order valence-corrected chi connectivity index (χ3v) is 8.18. The quantitative estimate of drug-likeness (QED) is 0.103. The van der Waals surface area contributed by atoms with E-state index in [1.807, 2.05) is 49.4 Å². The van der Waals surface area contributed by atoms with Crippen LogP contribution in [0.1, 0.15) is 100 Å². The van der Waals surface area contributed by atoms with Crippen LogP contribution in [0.4, 0.5) is 0 Å². The number of rotatable bonds is 11. The summed E-state index contributed by atoms with van der Waals surface area (Å²) in [6.07, 6.45) is 10.8. The van der Waals surface area contributed by atoms with Gasteiger partial charge in [0, 0.05) is 35.0 Å². The van der Waals surface area contributed by atoms with Gasteiger partial charge in [-0.15, -0.1) is 0 Å². The molecule has 0 fully saturated rings. The lowest BCUT2D eigenvalue weighted by molar-refractivity contribution is -0.111. The third kappa shape index (κ3) is 8.69.